The smallest absolute Gasteiger partial charge is 0.269 e. The minimum Gasteiger partial charge on any atom is -0.381 e. The molecule has 26 heteroatoms. The highest BCUT2D eigenvalue weighted by molar-refractivity contribution is 7.81. The second-order valence-electron chi connectivity index (χ2n) is 26.3. The van der Waals surface area contributed by atoms with Crippen molar-refractivity contribution in [2.75, 3.05) is 105 Å². The number of thiocarbonyl (C=S) groups is 3. The molecule has 6 aliphatic rings. The maximum atomic E-state index is 12.6. The zero-order chi connectivity index (χ0) is 70.1. The quantitative estimate of drug-likeness (QED) is 0.0501. The normalized spacial score (nSPS) is 15.9. The number of ether oxygens (including phenoxy) is 2. The number of anilines is 9. The van der Waals surface area contributed by atoms with E-state index < -0.39 is 0 Å². The Hall–Kier alpha value is -8.69. The van der Waals surface area contributed by atoms with Gasteiger partial charge in [0.2, 0.25) is 17.8 Å². The summed E-state index contributed by atoms with van der Waals surface area (Å²) in [5.74, 6) is 2.70. The first-order valence-electron chi connectivity index (χ1n) is 34.2. The van der Waals surface area contributed by atoms with E-state index in [1.165, 1.54) is 25.9 Å². The van der Waals surface area contributed by atoms with E-state index in [1.54, 1.807) is 6.07 Å². The van der Waals surface area contributed by atoms with E-state index in [0.717, 1.165) is 200 Å². The van der Waals surface area contributed by atoms with Crippen molar-refractivity contribution in [1.82, 2.24) is 60.0 Å². The molecule has 9 aromatic rings. The molecular weight excluding hydrogens is 1370 g/mol. The Kier molecular flexibility index (Phi) is 22.8. The zero-order valence-corrected chi connectivity index (χ0v) is 61.1. The van der Waals surface area contributed by atoms with Crippen LogP contribution in [-0.4, -0.2) is 148 Å². The number of aromatic nitrogens is 9. The van der Waals surface area contributed by atoms with Gasteiger partial charge in [-0.2, -0.15) is 0 Å². The number of amides is 1. The van der Waals surface area contributed by atoms with Gasteiger partial charge in [-0.1, -0.05) is 72.0 Å². The number of pyridine rings is 3. The fourth-order valence-corrected chi connectivity index (χ4v) is 14.3. The molecule has 0 bridgehead atoms. The van der Waals surface area contributed by atoms with Crippen LogP contribution in [0.3, 0.4) is 0 Å². The van der Waals surface area contributed by atoms with Crippen LogP contribution in [-0.2, 0) is 41.6 Å². The first kappa shape index (κ1) is 70.7. The number of aryl methyl sites for hydroxylation is 4. The van der Waals surface area contributed by atoms with Crippen LogP contribution in [0.5, 0.6) is 0 Å². The number of morpholine rings is 1. The van der Waals surface area contributed by atoms with E-state index in [4.69, 9.17) is 94.2 Å². The summed E-state index contributed by atoms with van der Waals surface area (Å²) in [7, 11) is 2.20. The molecule has 6 aliphatic heterocycles. The first-order valence-corrected chi connectivity index (χ1v) is 36.2. The summed E-state index contributed by atoms with van der Waals surface area (Å²) < 4.78 is 10.8. The van der Waals surface area contributed by atoms with E-state index in [2.05, 4.69) is 116 Å². The highest BCUT2D eigenvalue weighted by atomic mass is 35.5. The molecule has 0 atom stereocenters. The Bertz CT molecular complexity index is 4600. The summed E-state index contributed by atoms with van der Waals surface area (Å²) in [6.07, 6.45) is 14.0. The number of rotatable bonds is 14. The maximum Gasteiger partial charge on any atom is 0.269 e. The summed E-state index contributed by atoms with van der Waals surface area (Å²) in [6.45, 7) is 16.7. The molecule has 3 aromatic carbocycles. The minimum atomic E-state index is -0.186. The fraction of sp³-hybridized carbons (Fsp3) is 0.347. The van der Waals surface area contributed by atoms with Crippen molar-refractivity contribution in [3.05, 3.63) is 176 Å². The lowest BCUT2D eigenvalue weighted by atomic mass is 9.92. The molecule has 6 aromatic heterocycles. The number of hydrogen-bond acceptors (Lipinski definition) is 20. The molecule has 21 nitrogen and oxygen atoms in total. The summed E-state index contributed by atoms with van der Waals surface area (Å²) in [4.78, 5) is 61.7. The third-order valence-electron chi connectivity index (χ3n) is 18.7. The molecule has 15 rings (SSSR count). The van der Waals surface area contributed by atoms with Gasteiger partial charge in [0.1, 0.15) is 5.69 Å². The zero-order valence-electron chi connectivity index (χ0n) is 57.1. The molecule has 0 aliphatic carbocycles. The number of fused-ring (bicyclic) bond motifs is 9. The first-order chi connectivity index (χ1) is 48.9. The van der Waals surface area contributed by atoms with E-state index >= 15 is 0 Å². The number of hydrogen-bond donors (Lipinski definition) is 7. The third-order valence-corrected chi connectivity index (χ3v) is 19.9. The van der Waals surface area contributed by atoms with E-state index in [1.807, 2.05) is 88.8 Å². The number of carbonyl (C=O) groups is 1. The minimum absolute atomic E-state index is 0.186. The molecule has 12 heterocycles. The molecular formula is C75H80Cl2N18O3S3. The van der Waals surface area contributed by atoms with E-state index in [-0.39, 0.29) is 5.91 Å². The standard InChI is InChI=1S/C26H29N7O2S.C25H27ClN6S.C24H24ClN5OS/c1-16-3-4-19-22(13-16)30-23(36)14-18-15-28-26(32-24(18)19)31-20-5-6-21(29-17(20)2)25(34)27-7-8-33-9-11-35-12-10-33;1-15-21(6-4-19(28-15)11-16-7-9-32(2)10-8-16)30-25-27-14-17-12-23(33)29-22-13-18(26)3-5-20(22)24(17)31-25;1-14-20(5-3-18(27-14)10-15-6-8-31-9-7-15)29-24-26-13-16-11-22(32)28-21-12-17(25)2-4-19(21)23(16)30-24/h3-6,13,15H,7-12,14H2,1-2H3,(H,27,34)(H,30,36)(H,28,31,32);3-6,13-14,16H,7-12H2,1-2H3,(H,29,33)(H,27,30,31);2-5,12-13,15H,6-11H2,1H3,(H,28,32)(H,26,29,30). The van der Waals surface area contributed by atoms with Crippen molar-refractivity contribution in [2.24, 2.45) is 11.8 Å². The average Bonchev–Trinajstić information content (AvgIpc) is 1.79. The van der Waals surface area contributed by atoms with Crippen LogP contribution in [0.4, 0.5) is 52.0 Å². The number of halogens is 2. The maximum absolute atomic E-state index is 12.6. The van der Waals surface area contributed by atoms with Crippen molar-refractivity contribution < 1.29 is 14.3 Å². The van der Waals surface area contributed by atoms with Gasteiger partial charge in [-0.25, -0.2) is 34.9 Å². The number of piperidine rings is 1. The second-order valence-corrected chi connectivity index (χ2v) is 28.7. The number of likely N-dealkylation sites (tertiary alicyclic amines) is 1. The molecule has 101 heavy (non-hydrogen) atoms. The predicted molar refractivity (Wildman–Crippen MR) is 414 cm³/mol. The lowest BCUT2D eigenvalue weighted by Crippen LogP contribution is -2.41. The van der Waals surface area contributed by atoms with Gasteiger partial charge < -0.3 is 51.6 Å². The predicted octanol–water partition coefficient (Wildman–Crippen LogP) is 14.2. The van der Waals surface area contributed by atoms with E-state index in [9.17, 15) is 4.79 Å². The molecule has 3 saturated heterocycles. The third kappa shape index (κ3) is 18.2. The lowest BCUT2D eigenvalue weighted by molar-refractivity contribution is 0.0383. The van der Waals surface area contributed by atoms with Gasteiger partial charge in [0.15, 0.2) is 0 Å². The molecule has 520 valence electrons. The van der Waals surface area contributed by atoms with Crippen molar-refractivity contribution in [3.8, 4) is 33.8 Å². The number of nitrogens with one attached hydrogen (secondary N) is 7. The Balaban J connectivity index is 0.000000136. The average molecular weight is 1450 g/mol. The number of carbonyl (C=O) groups excluding carboxylic acids is 1. The van der Waals surface area contributed by atoms with Crippen molar-refractivity contribution in [2.45, 2.75) is 85.5 Å². The van der Waals surface area contributed by atoms with Gasteiger partial charge in [0, 0.05) is 149 Å². The fourth-order valence-electron chi connectivity index (χ4n) is 13.2. The molecule has 3 fully saturated rings. The molecule has 1 amide bonds. The van der Waals surface area contributed by atoms with Gasteiger partial charge in [0.25, 0.3) is 5.91 Å². The summed E-state index contributed by atoms with van der Waals surface area (Å²) >= 11 is 28.9. The van der Waals surface area contributed by atoms with Crippen LogP contribution in [0, 0.1) is 39.5 Å². The van der Waals surface area contributed by atoms with Gasteiger partial charge in [-0.05, 0) is 183 Å². The summed E-state index contributed by atoms with van der Waals surface area (Å²) in [5.41, 5.74) is 20.0. The van der Waals surface area contributed by atoms with E-state index in [0.29, 0.717) is 76.9 Å². The highest BCUT2D eigenvalue weighted by Crippen LogP contribution is 2.39. The van der Waals surface area contributed by atoms with Crippen LogP contribution in [0.1, 0.15) is 86.9 Å². The summed E-state index contributed by atoms with van der Waals surface area (Å²) in [6, 6.07) is 29.5. The topological polar surface area (TPSA) is 242 Å². The molecule has 0 spiro atoms. The number of benzene rings is 3. The Morgan fingerprint density at radius 1 is 0.515 bits per heavy atom. The Labute approximate surface area is 614 Å². The molecule has 0 radical (unpaired) electrons. The van der Waals surface area contributed by atoms with Crippen LogP contribution >= 0.6 is 59.9 Å². The van der Waals surface area contributed by atoms with Gasteiger partial charge in [-0.15, -0.1) is 0 Å². The lowest BCUT2D eigenvalue weighted by Gasteiger charge is -2.28. The van der Waals surface area contributed by atoms with Gasteiger partial charge >= 0.3 is 0 Å². The van der Waals surface area contributed by atoms with Crippen LogP contribution in [0.15, 0.2) is 110 Å². The Morgan fingerprint density at radius 3 is 1.41 bits per heavy atom. The monoisotopic (exact) mass is 1450 g/mol. The largest absolute Gasteiger partial charge is 0.381 e. The molecule has 0 saturated carbocycles. The molecule has 7 N–H and O–H groups in total. The summed E-state index contributed by atoms with van der Waals surface area (Å²) in [5, 5.41) is 24.1. The van der Waals surface area contributed by atoms with Crippen molar-refractivity contribution in [3.63, 3.8) is 0 Å². The van der Waals surface area contributed by atoms with Crippen molar-refractivity contribution in [1.29, 1.82) is 0 Å². The van der Waals surface area contributed by atoms with Crippen LogP contribution in [0.2, 0.25) is 10.0 Å². The number of nitrogens with zero attached hydrogens (tertiary/aromatic N) is 11. The van der Waals surface area contributed by atoms with Gasteiger partial charge in [0.05, 0.1) is 79.4 Å². The molecule has 0 unspecified atom stereocenters. The SMILES string of the molecule is Cc1ccc2c(c1)NC(=S)Cc1cnc(Nc3ccc(C(=O)NCCN4CCOCC4)nc3C)nc1-2.Cc1nc(CC2CCN(C)CC2)ccc1Nc1ncc2c(n1)-c1ccc(Cl)cc1NC(=S)C2.Cc1nc(CC2CCOCC2)ccc1Nc1ncc2c(n1)-c1ccc(Cl)cc1NC(=S)C2. The van der Waals surface area contributed by atoms with Crippen LogP contribution in [0.25, 0.3) is 33.8 Å². The van der Waals surface area contributed by atoms with Gasteiger partial charge in [-0.3, -0.25) is 19.7 Å². The Morgan fingerprint density at radius 2 is 0.941 bits per heavy atom. The van der Waals surface area contributed by atoms with Crippen molar-refractivity contribution >= 4 is 133 Å². The van der Waals surface area contributed by atoms with Crippen LogP contribution < -0.4 is 37.2 Å². The second kappa shape index (κ2) is 32.5. The highest BCUT2D eigenvalue weighted by Gasteiger charge is 2.26.